The summed E-state index contributed by atoms with van der Waals surface area (Å²) in [5, 5.41) is 28.0. The summed E-state index contributed by atoms with van der Waals surface area (Å²) in [6.07, 6.45) is 6.29. The summed E-state index contributed by atoms with van der Waals surface area (Å²) in [5.74, 6) is -2.42. The van der Waals surface area contributed by atoms with E-state index in [-0.39, 0.29) is 68.2 Å². The van der Waals surface area contributed by atoms with E-state index in [2.05, 4.69) is 25.9 Å². The Morgan fingerprint density at radius 1 is 0.959 bits per heavy atom. The molecule has 5 N–H and O–H groups in total. The first-order valence-corrected chi connectivity index (χ1v) is 26.3. The second-order valence-corrected chi connectivity index (χ2v) is 21.3. The van der Waals surface area contributed by atoms with Gasteiger partial charge in [0.2, 0.25) is 23.6 Å². The van der Waals surface area contributed by atoms with Crippen LogP contribution in [0.3, 0.4) is 0 Å². The number of unbranched alkanes of at least 4 members (excludes halogenated alkanes) is 1. The molecular weight excluding hydrogens is 967 g/mol. The Hall–Kier alpha value is -6.54. The monoisotopic (exact) mass is 1030 g/mol. The molecule has 19 heteroatoms. The van der Waals surface area contributed by atoms with Crippen molar-refractivity contribution in [2.45, 2.75) is 110 Å². The van der Waals surface area contributed by atoms with Crippen LogP contribution < -0.4 is 16.0 Å². The Morgan fingerprint density at radius 3 is 2.35 bits per heavy atom. The summed E-state index contributed by atoms with van der Waals surface area (Å²) in [7, 11) is 0. The van der Waals surface area contributed by atoms with E-state index in [0.29, 0.717) is 98.5 Å². The molecule has 3 atom stereocenters. The SMILES string of the molecule is Cc1ncsc1-c1ccc(CNC(=O)C2CC(O)CN2C(=O)C(NC(=O)CCCCC(=O)N2CCC(N/C=C(\C=N)c3cnc4cccc(-c5cc(F)c(CN6CCOCC6)c(F)c5)c4n3)CC2)C(C)(C)C)cc1. The fraction of sp³-hybridized carbons (Fsp3) is 0.455. The lowest BCUT2D eigenvalue weighted by Crippen LogP contribution is -2.57. The van der Waals surface area contributed by atoms with Gasteiger partial charge in [0.15, 0.2) is 0 Å². The highest BCUT2D eigenvalue weighted by atomic mass is 32.1. The molecule has 0 radical (unpaired) electrons. The van der Waals surface area contributed by atoms with Crippen LogP contribution in [0.1, 0.15) is 88.2 Å². The number of aliphatic hydroxyl groups is 1. The average molecular weight is 1030 g/mol. The number of rotatable bonds is 18. The lowest BCUT2D eigenvalue weighted by molar-refractivity contribution is -0.144. The van der Waals surface area contributed by atoms with Crippen molar-refractivity contribution in [1.82, 2.24) is 45.6 Å². The lowest BCUT2D eigenvalue weighted by Gasteiger charge is -2.35. The maximum absolute atomic E-state index is 15.4. The number of carbonyl (C=O) groups excluding carboxylic acids is 4. The summed E-state index contributed by atoms with van der Waals surface area (Å²) >= 11 is 1.57. The van der Waals surface area contributed by atoms with Gasteiger partial charge in [-0.25, -0.2) is 18.7 Å². The summed E-state index contributed by atoms with van der Waals surface area (Å²) in [4.78, 5) is 74.2. The number of carbonyl (C=O) groups is 4. The molecule has 3 unspecified atom stereocenters. The van der Waals surface area contributed by atoms with Crippen LogP contribution in [0.2, 0.25) is 0 Å². The van der Waals surface area contributed by atoms with Crippen LogP contribution in [0, 0.1) is 29.4 Å². The fourth-order valence-corrected chi connectivity index (χ4v) is 10.5. The lowest BCUT2D eigenvalue weighted by atomic mass is 9.85. The minimum Gasteiger partial charge on any atom is -0.391 e. The first kappa shape index (κ1) is 53.7. The first-order valence-electron chi connectivity index (χ1n) is 25.4. The molecule has 5 aromatic rings. The van der Waals surface area contributed by atoms with Gasteiger partial charge < -0.3 is 41.0 Å². The molecule has 74 heavy (non-hydrogen) atoms. The van der Waals surface area contributed by atoms with Gasteiger partial charge in [-0.1, -0.05) is 57.2 Å². The van der Waals surface area contributed by atoms with Gasteiger partial charge in [-0.05, 0) is 72.9 Å². The number of benzene rings is 3. The number of morpholine rings is 1. The van der Waals surface area contributed by atoms with Gasteiger partial charge >= 0.3 is 0 Å². The molecule has 5 heterocycles. The van der Waals surface area contributed by atoms with Crippen LogP contribution in [0.4, 0.5) is 8.78 Å². The summed E-state index contributed by atoms with van der Waals surface area (Å²) in [5.41, 5.74) is 6.71. The number of ether oxygens (including phenoxy) is 1. The number of thiazole rings is 1. The molecule has 0 aliphatic carbocycles. The van der Waals surface area contributed by atoms with E-state index < -0.39 is 41.1 Å². The van der Waals surface area contributed by atoms with E-state index in [0.717, 1.165) is 21.7 Å². The van der Waals surface area contributed by atoms with E-state index in [1.807, 2.05) is 61.8 Å². The highest BCUT2D eigenvalue weighted by molar-refractivity contribution is 7.13. The fourth-order valence-electron chi connectivity index (χ4n) is 9.72. The largest absolute Gasteiger partial charge is 0.391 e. The van der Waals surface area contributed by atoms with Crippen LogP contribution >= 0.6 is 11.3 Å². The number of aryl methyl sites for hydroxylation is 1. The first-order chi connectivity index (χ1) is 35.6. The summed E-state index contributed by atoms with van der Waals surface area (Å²) < 4.78 is 36.3. The van der Waals surface area contributed by atoms with Gasteiger partial charge in [0.05, 0.1) is 58.3 Å². The van der Waals surface area contributed by atoms with Crippen molar-refractivity contribution < 1.29 is 37.8 Å². The van der Waals surface area contributed by atoms with Gasteiger partial charge in [-0.2, -0.15) is 0 Å². The number of likely N-dealkylation sites (tertiary alicyclic amines) is 2. The molecule has 0 bridgehead atoms. The highest BCUT2D eigenvalue weighted by Crippen LogP contribution is 2.32. The van der Waals surface area contributed by atoms with E-state index in [4.69, 9.17) is 15.1 Å². The number of piperidine rings is 1. The van der Waals surface area contributed by atoms with Gasteiger partial charge in [0.25, 0.3) is 0 Å². The van der Waals surface area contributed by atoms with Crippen molar-refractivity contribution in [3.63, 3.8) is 0 Å². The van der Waals surface area contributed by atoms with Crippen LogP contribution in [-0.4, -0.2) is 135 Å². The predicted molar refractivity (Wildman–Crippen MR) is 281 cm³/mol. The third kappa shape index (κ3) is 13.2. The molecule has 3 aromatic carbocycles. The Morgan fingerprint density at radius 2 is 1.68 bits per heavy atom. The zero-order valence-electron chi connectivity index (χ0n) is 42.5. The Labute approximate surface area is 434 Å². The number of nitrogens with one attached hydrogen (secondary N) is 4. The molecular formula is C55H66F2N10O6S. The summed E-state index contributed by atoms with van der Waals surface area (Å²) in [6, 6.07) is 14.0. The molecule has 16 nitrogen and oxygen atoms in total. The molecule has 0 saturated carbocycles. The number of amides is 4. The number of para-hydroxylation sites is 1. The highest BCUT2D eigenvalue weighted by Gasteiger charge is 2.44. The van der Waals surface area contributed by atoms with Gasteiger partial charge in [-0.3, -0.25) is 29.1 Å². The van der Waals surface area contributed by atoms with Crippen molar-refractivity contribution >= 4 is 57.8 Å². The third-order valence-corrected chi connectivity index (χ3v) is 15.0. The number of hydrogen-bond acceptors (Lipinski definition) is 13. The van der Waals surface area contributed by atoms with E-state index in [9.17, 15) is 24.3 Å². The molecule has 3 saturated heterocycles. The molecule has 4 amide bonds. The van der Waals surface area contributed by atoms with E-state index >= 15 is 8.78 Å². The molecule has 2 aromatic heterocycles. The molecule has 0 spiro atoms. The number of allylic oxidation sites excluding steroid dienone is 1. The minimum absolute atomic E-state index is 0.00369. The molecule has 3 aliphatic heterocycles. The normalized spacial score (nSPS) is 18.3. The van der Waals surface area contributed by atoms with E-state index in [1.165, 1.54) is 23.2 Å². The predicted octanol–water partition coefficient (Wildman–Crippen LogP) is 6.78. The second-order valence-electron chi connectivity index (χ2n) is 20.5. The zero-order chi connectivity index (χ0) is 52.5. The number of halogens is 2. The van der Waals surface area contributed by atoms with Crippen LogP contribution in [0.15, 0.2) is 72.5 Å². The Balaban J connectivity index is 0.783. The number of aliphatic hydroxyl groups excluding tert-OH is 1. The molecule has 8 rings (SSSR count). The smallest absolute Gasteiger partial charge is 0.246 e. The van der Waals surface area contributed by atoms with Gasteiger partial charge in [0.1, 0.15) is 23.7 Å². The van der Waals surface area contributed by atoms with Crippen molar-refractivity contribution in [1.29, 1.82) is 5.41 Å². The van der Waals surface area contributed by atoms with Crippen LogP contribution in [-0.2, 0) is 37.0 Å². The standard InChI is InChI=1S/C55H66F2N10O6S/c1-34-51(74-33-62-34)36-14-12-35(13-15-36)28-61-53(71)47-26-40(68)31-67(47)54(72)52(55(2,3)4)64-48(69)10-5-6-11-49(70)66-18-16-39(17-19-66)59-29-38(27-58)46-30-60-45-9-7-8-41(50(45)63-46)37-24-43(56)42(44(57)25-37)32-65-20-22-73-23-21-65/h7-9,12-15,24-25,27,29-30,33,39-40,47,52,58-59,68H,5-6,10-11,16-23,26,28,31-32H2,1-4H3,(H,61,71)(H,64,69)/b38-29+,58-27?. The Bertz CT molecular complexity index is 2840. The molecule has 392 valence electrons. The minimum atomic E-state index is -0.952. The molecule has 3 fully saturated rings. The van der Waals surface area contributed by atoms with Crippen molar-refractivity contribution in [2.75, 3.05) is 45.9 Å². The number of aromatic nitrogens is 3. The quantitative estimate of drug-likeness (QED) is 0.0457. The zero-order valence-corrected chi connectivity index (χ0v) is 43.3. The van der Waals surface area contributed by atoms with Crippen molar-refractivity contribution in [3.8, 4) is 21.6 Å². The average Bonchev–Trinajstić information content (AvgIpc) is 4.02. The topological polar surface area (TPSA) is 206 Å². The third-order valence-electron chi connectivity index (χ3n) is 14.0. The van der Waals surface area contributed by atoms with E-state index in [1.54, 1.807) is 47.4 Å². The maximum atomic E-state index is 15.4. The maximum Gasteiger partial charge on any atom is 0.246 e. The summed E-state index contributed by atoms with van der Waals surface area (Å²) in [6.45, 7) is 11.2. The van der Waals surface area contributed by atoms with Gasteiger partial charge in [0, 0.05) is 100 Å². The van der Waals surface area contributed by atoms with Gasteiger partial charge in [-0.15, -0.1) is 11.3 Å². The number of hydrogen-bond donors (Lipinski definition) is 5. The number of fused-ring (bicyclic) bond motifs is 1. The molecule has 3 aliphatic rings. The Kier molecular flexibility index (Phi) is 17.6. The number of β-amino-alcohol motifs (C(OH)–C–C–N with tert-alkyl or cyclic N) is 1. The second kappa shape index (κ2) is 24.2. The van der Waals surface area contributed by atoms with Crippen LogP contribution in [0.5, 0.6) is 0 Å². The van der Waals surface area contributed by atoms with Crippen molar-refractivity contribution in [2.24, 2.45) is 5.41 Å². The number of nitrogens with zero attached hydrogens (tertiary/aromatic N) is 6. The van der Waals surface area contributed by atoms with Crippen LogP contribution in [0.25, 0.3) is 38.2 Å². The van der Waals surface area contributed by atoms with Crippen molar-refractivity contribution in [3.05, 3.63) is 107 Å².